The number of hydrogen-bond acceptors (Lipinski definition) is 5. The zero-order valence-electron chi connectivity index (χ0n) is 22.0. The quantitative estimate of drug-likeness (QED) is 0.216. The van der Waals surface area contributed by atoms with Crippen LogP contribution in [0, 0.1) is 0 Å². The fourth-order valence-corrected chi connectivity index (χ4v) is 4.70. The topological polar surface area (TPSA) is 101 Å². The number of aryl methyl sites for hydroxylation is 1. The van der Waals surface area contributed by atoms with Gasteiger partial charge >= 0.3 is 18.3 Å². The molecule has 0 amide bonds. The molecule has 3 aromatic heterocycles. The number of pyridine rings is 2. The molecule has 224 valence electrons. The molecule has 0 saturated heterocycles. The van der Waals surface area contributed by atoms with Gasteiger partial charge in [0.25, 0.3) is 0 Å². The van der Waals surface area contributed by atoms with Crippen molar-refractivity contribution in [3.8, 4) is 0 Å². The minimum absolute atomic E-state index is 0.0477. The molecular weight excluding hydrogens is 602 g/mol. The van der Waals surface area contributed by atoms with Crippen LogP contribution in [-0.4, -0.2) is 41.9 Å². The summed E-state index contributed by atoms with van der Waals surface area (Å²) in [6.45, 7) is 0. The van der Waals surface area contributed by atoms with Gasteiger partial charge in [-0.25, -0.2) is 14.8 Å². The van der Waals surface area contributed by atoms with Gasteiger partial charge in [0.05, 0.1) is 34.5 Å². The molecular formula is C29H21ClF6N4O3. The van der Waals surface area contributed by atoms with Crippen LogP contribution in [0.1, 0.15) is 33.8 Å². The number of aromatic nitrogens is 4. The average Bonchev–Trinajstić information content (AvgIpc) is 3.40. The first-order chi connectivity index (χ1) is 20.1. The molecule has 5 aromatic rings. The second kappa shape index (κ2) is 12.0. The van der Waals surface area contributed by atoms with Crippen molar-refractivity contribution in [2.24, 2.45) is 7.05 Å². The Morgan fingerprint density at radius 1 is 0.977 bits per heavy atom. The van der Waals surface area contributed by atoms with Crippen LogP contribution in [0.15, 0.2) is 85.5 Å². The molecule has 14 heteroatoms. The minimum atomic E-state index is -5.08. The maximum Gasteiger partial charge on any atom is 0.490 e. The number of rotatable bonds is 5. The summed E-state index contributed by atoms with van der Waals surface area (Å²) in [5, 5.41) is 19.4. The number of aliphatic carboxylic acids is 1. The Morgan fingerprint density at radius 2 is 1.63 bits per heavy atom. The smallest absolute Gasteiger partial charge is 0.475 e. The van der Waals surface area contributed by atoms with E-state index in [1.807, 2.05) is 0 Å². The summed E-state index contributed by atoms with van der Waals surface area (Å²) in [7, 11) is 1.74. The number of hydrogen-bond donors (Lipinski definition) is 2. The summed E-state index contributed by atoms with van der Waals surface area (Å²) in [5.41, 5.74) is -1.03. The summed E-state index contributed by atoms with van der Waals surface area (Å²) < 4.78 is 75.4. The molecule has 43 heavy (non-hydrogen) atoms. The Balaban J connectivity index is 0.000000541. The number of carboxylic acids is 1. The highest BCUT2D eigenvalue weighted by Crippen LogP contribution is 2.41. The van der Waals surface area contributed by atoms with Gasteiger partial charge < -0.3 is 14.8 Å². The van der Waals surface area contributed by atoms with Crippen LogP contribution in [0.5, 0.6) is 0 Å². The number of nitrogens with zero attached hydrogens (tertiary/aromatic N) is 4. The first kappa shape index (κ1) is 31.4. The second-order valence-corrected chi connectivity index (χ2v) is 9.64. The minimum Gasteiger partial charge on any atom is -0.475 e. The molecule has 1 unspecified atom stereocenters. The summed E-state index contributed by atoms with van der Waals surface area (Å²) in [4.78, 5) is 21.3. The van der Waals surface area contributed by atoms with Crippen LogP contribution in [0.4, 0.5) is 26.3 Å². The molecule has 0 bridgehead atoms. The Kier molecular flexibility index (Phi) is 8.79. The number of benzene rings is 2. The van der Waals surface area contributed by atoms with Gasteiger partial charge in [-0.1, -0.05) is 54.1 Å². The van der Waals surface area contributed by atoms with Crippen molar-refractivity contribution in [1.29, 1.82) is 0 Å². The van der Waals surface area contributed by atoms with Crippen LogP contribution in [0.25, 0.3) is 10.9 Å². The largest absolute Gasteiger partial charge is 0.490 e. The molecule has 5 rings (SSSR count). The van der Waals surface area contributed by atoms with E-state index in [4.69, 9.17) is 21.5 Å². The Morgan fingerprint density at radius 3 is 2.16 bits per heavy atom. The third kappa shape index (κ3) is 6.62. The second-order valence-electron chi connectivity index (χ2n) is 9.26. The number of imidazole rings is 1. The van der Waals surface area contributed by atoms with Crippen molar-refractivity contribution in [3.63, 3.8) is 0 Å². The lowest BCUT2D eigenvalue weighted by molar-refractivity contribution is -0.192. The average molecular weight is 623 g/mol. The predicted octanol–water partition coefficient (Wildman–Crippen LogP) is 6.54. The molecule has 1 atom stereocenters. The first-order valence-electron chi connectivity index (χ1n) is 12.3. The highest BCUT2D eigenvalue weighted by Gasteiger charge is 2.40. The summed E-state index contributed by atoms with van der Waals surface area (Å²) in [5.74, 6) is -2.76. The van der Waals surface area contributed by atoms with Crippen LogP contribution in [-0.2, 0) is 30.0 Å². The normalized spacial score (nSPS) is 13.2. The number of halogens is 7. The van der Waals surface area contributed by atoms with Gasteiger partial charge in [0.15, 0.2) is 5.60 Å². The molecule has 2 N–H and O–H groups in total. The zero-order chi connectivity index (χ0) is 31.6. The van der Waals surface area contributed by atoms with Crippen molar-refractivity contribution in [1.82, 2.24) is 19.5 Å². The maximum absolute atomic E-state index is 14.0. The van der Waals surface area contributed by atoms with Gasteiger partial charge in [-0.05, 0) is 35.4 Å². The lowest BCUT2D eigenvalue weighted by Crippen LogP contribution is -2.32. The molecule has 0 radical (unpaired) electrons. The van der Waals surface area contributed by atoms with Crippen LogP contribution in [0.3, 0.4) is 0 Å². The first-order valence-corrected chi connectivity index (χ1v) is 12.7. The number of carboxylic acid groups (broad SMARTS) is 1. The molecule has 0 aliphatic carbocycles. The van der Waals surface area contributed by atoms with E-state index in [9.17, 15) is 31.4 Å². The molecule has 0 saturated carbocycles. The third-order valence-corrected chi connectivity index (χ3v) is 6.82. The van der Waals surface area contributed by atoms with E-state index < -0.39 is 29.6 Å². The van der Waals surface area contributed by atoms with Crippen LogP contribution in [0.2, 0.25) is 5.02 Å². The van der Waals surface area contributed by atoms with Crippen LogP contribution < -0.4 is 0 Å². The van der Waals surface area contributed by atoms with Crippen molar-refractivity contribution in [2.75, 3.05) is 0 Å². The van der Waals surface area contributed by atoms with Crippen molar-refractivity contribution in [3.05, 3.63) is 124 Å². The van der Waals surface area contributed by atoms with Gasteiger partial charge in [-0.2, -0.15) is 26.3 Å². The van der Waals surface area contributed by atoms with Crippen molar-refractivity contribution in [2.45, 2.75) is 24.4 Å². The zero-order valence-corrected chi connectivity index (χ0v) is 22.8. The molecule has 0 fully saturated rings. The van der Waals surface area contributed by atoms with E-state index in [1.165, 1.54) is 18.3 Å². The van der Waals surface area contributed by atoms with E-state index in [0.29, 0.717) is 27.9 Å². The molecule has 0 aliphatic rings. The lowest BCUT2D eigenvalue weighted by Gasteiger charge is -2.29. The van der Waals surface area contributed by atoms with Gasteiger partial charge in [-0.15, -0.1) is 0 Å². The Hall–Kier alpha value is -4.49. The Labute approximate surface area is 245 Å². The maximum atomic E-state index is 14.0. The van der Waals surface area contributed by atoms with Gasteiger partial charge in [0, 0.05) is 30.6 Å². The van der Waals surface area contributed by atoms with Gasteiger partial charge in [-0.3, -0.25) is 4.98 Å². The van der Waals surface area contributed by atoms with Crippen LogP contribution >= 0.6 is 11.6 Å². The highest BCUT2D eigenvalue weighted by molar-refractivity contribution is 6.36. The highest BCUT2D eigenvalue weighted by atomic mass is 35.5. The van der Waals surface area contributed by atoms with E-state index in [2.05, 4.69) is 15.0 Å². The fraction of sp³-hybridized carbons (Fsp3) is 0.172. The fourth-order valence-electron chi connectivity index (χ4n) is 4.39. The van der Waals surface area contributed by atoms with E-state index in [-0.39, 0.29) is 22.5 Å². The van der Waals surface area contributed by atoms with E-state index in [0.717, 1.165) is 0 Å². The summed E-state index contributed by atoms with van der Waals surface area (Å²) in [6, 6.07) is 18.4. The molecule has 7 nitrogen and oxygen atoms in total. The third-order valence-electron chi connectivity index (χ3n) is 6.39. The van der Waals surface area contributed by atoms with E-state index in [1.54, 1.807) is 78.7 Å². The molecule has 0 spiro atoms. The summed E-state index contributed by atoms with van der Waals surface area (Å²) in [6.07, 6.45) is -5.20. The van der Waals surface area contributed by atoms with Gasteiger partial charge in [0.2, 0.25) is 0 Å². The van der Waals surface area contributed by atoms with Crippen molar-refractivity contribution < 1.29 is 41.4 Å². The monoisotopic (exact) mass is 622 g/mol. The Bertz CT molecular complexity index is 1750. The SMILES string of the molecule is Cn1cncc1C(O)(c1ccc2nc(C(F)(F)F)c(Cc3ccccc3)c(Cl)c2c1)c1ccccn1.O=C(O)C(F)(F)F. The molecule has 2 aromatic carbocycles. The van der Waals surface area contributed by atoms with E-state index >= 15 is 0 Å². The standard InChI is InChI=1S/C27H20ClF3N4O.C2HF3O2/c1-35-16-32-15-23(35)26(36,22-9-5-6-12-33-22)18-10-11-21-19(14-18)24(28)20(25(34-21)27(29,30)31)13-17-7-3-2-4-8-17;3-2(4,5)1(6)7/h2-12,14-16,36H,13H2,1H3;(H,6,7). The predicted molar refractivity (Wildman–Crippen MR) is 144 cm³/mol. The molecule has 0 aliphatic heterocycles. The van der Waals surface area contributed by atoms with Crippen molar-refractivity contribution >= 4 is 28.5 Å². The lowest BCUT2D eigenvalue weighted by atomic mass is 9.85. The molecule has 3 heterocycles. The number of aliphatic hydroxyl groups is 1. The number of fused-ring (bicyclic) bond motifs is 1. The summed E-state index contributed by atoms with van der Waals surface area (Å²) >= 11 is 6.67. The number of alkyl halides is 6. The number of carbonyl (C=O) groups is 1. The van der Waals surface area contributed by atoms with Gasteiger partial charge in [0.1, 0.15) is 5.69 Å².